The number of anilines is 1. The topological polar surface area (TPSA) is 63.4 Å². The molecule has 5 heteroatoms. The second kappa shape index (κ2) is 5.61. The summed E-state index contributed by atoms with van der Waals surface area (Å²) in [5, 5.41) is 0. The molecule has 2 N–H and O–H groups in total. The van der Waals surface area contributed by atoms with Crippen molar-refractivity contribution in [2.75, 3.05) is 10.7 Å². The smallest absolute Gasteiger partial charge is 0.180 e. The van der Waals surface area contributed by atoms with E-state index in [0.717, 1.165) is 31.4 Å². The Bertz CT molecular complexity index is 600. The van der Waals surface area contributed by atoms with E-state index in [-0.39, 0.29) is 11.8 Å². The van der Waals surface area contributed by atoms with Crippen molar-refractivity contribution in [2.24, 2.45) is 5.73 Å². The van der Waals surface area contributed by atoms with Gasteiger partial charge in [-0.15, -0.1) is 0 Å². The molecule has 2 heterocycles. The molecule has 3 rings (SSSR count). The summed E-state index contributed by atoms with van der Waals surface area (Å²) in [6.45, 7) is 1.91. The SMILES string of the molecule is CCCS(=O)(=O)c1ccccc1N1C2CCC1CC(N)C2. The van der Waals surface area contributed by atoms with Gasteiger partial charge in [0.1, 0.15) is 0 Å². The number of hydrogen-bond donors (Lipinski definition) is 1. The first kappa shape index (κ1) is 14.9. The van der Waals surface area contributed by atoms with Crippen LogP contribution < -0.4 is 10.6 Å². The summed E-state index contributed by atoms with van der Waals surface area (Å²) >= 11 is 0. The third kappa shape index (κ3) is 2.69. The van der Waals surface area contributed by atoms with Crippen molar-refractivity contribution in [1.82, 2.24) is 0 Å². The van der Waals surface area contributed by atoms with E-state index >= 15 is 0 Å². The van der Waals surface area contributed by atoms with Crippen molar-refractivity contribution in [3.63, 3.8) is 0 Å². The maximum atomic E-state index is 12.5. The number of nitrogens with two attached hydrogens (primary N) is 1. The second-order valence-electron chi connectivity index (χ2n) is 6.31. The molecule has 2 fully saturated rings. The van der Waals surface area contributed by atoms with Gasteiger partial charge in [0.2, 0.25) is 0 Å². The van der Waals surface area contributed by atoms with E-state index in [9.17, 15) is 8.42 Å². The van der Waals surface area contributed by atoms with E-state index in [1.165, 1.54) is 0 Å². The maximum absolute atomic E-state index is 12.5. The van der Waals surface area contributed by atoms with Crippen LogP contribution in [0.5, 0.6) is 0 Å². The van der Waals surface area contributed by atoms with Crippen LogP contribution in [0, 0.1) is 0 Å². The Morgan fingerprint density at radius 2 is 1.81 bits per heavy atom. The van der Waals surface area contributed by atoms with E-state index in [2.05, 4.69) is 4.90 Å². The Morgan fingerprint density at radius 3 is 2.43 bits per heavy atom. The zero-order valence-electron chi connectivity index (χ0n) is 12.5. The lowest BCUT2D eigenvalue weighted by Crippen LogP contribution is -2.48. The second-order valence-corrected chi connectivity index (χ2v) is 8.39. The molecular weight excluding hydrogens is 284 g/mol. The molecule has 0 aliphatic carbocycles. The third-order valence-corrected chi connectivity index (χ3v) is 6.68. The van der Waals surface area contributed by atoms with E-state index in [0.29, 0.717) is 23.4 Å². The number of para-hydroxylation sites is 1. The highest BCUT2D eigenvalue weighted by Crippen LogP contribution is 2.41. The van der Waals surface area contributed by atoms with Gasteiger partial charge in [-0.05, 0) is 44.2 Å². The first-order valence-corrected chi connectivity index (χ1v) is 9.54. The van der Waals surface area contributed by atoms with Gasteiger partial charge in [0.25, 0.3) is 0 Å². The van der Waals surface area contributed by atoms with Crippen molar-refractivity contribution in [1.29, 1.82) is 0 Å². The first-order valence-electron chi connectivity index (χ1n) is 7.88. The zero-order chi connectivity index (χ0) is 15.0. The van der Waals surface area contributed by atoms with Gasteiger partial charge >= 0.3 is 0 Å². The number of piperidine rings is 1. The molecule has 2 bridgehead atoms. The van der Waals surface area contributed by atoms with Crippen molar-refractivity contribution >= 4 is 15.5 Å². The monoisotopic (exact) mass is 308 g/mol. The third-order valence-electron chi connectivity index (χ3n) is 4.72. The summed E-state index contributed by atoms with van der Waals surface area (Å²) in [6, 6.07) is 8.54. The van der Waals surface area contributed by atoms with Crippen LogP contribution in [0.4, 0.5) is 5.69 Å². The van der Waals surface area contributed by atoms with Crippen LogP contribution in [0.2, 0.25) is 0 Å². The van der Waals surface area contributed by atoms with Crippen molar-refractivity contribution in [2.45, 2.75) is 62.0 Å². The van der Waals surface area contributed by atoms with Gasteiger partial charge in [-0.25, -0.2) is 8.42 Å². The fourth-order valence-electron chi connectivity index (χ4n) is 3.92. The Morgan fingerprint density at radius 1 is 1.19 bits per heavy atom. The molecule has 4 nitrogen and oxygen atoms in total. The Kier molecular flexibility index (Phi) is 3.97. The normalized spacial score (nSPS) is 28.9. The van der Waals surface area contributed by atoms with Crippen LogP contribution in [0.25, 0.3) is 0 Å². The Labute approximate surface area is 127 Å². The van der Waals surface area contributed by atoms with Gasteiger partial charge in [0, 0.05) is 18.1 Å². The predicted octanol–water partition coefficient (Wildman–Crippen LogP) is 2.33. The lowest BCUT2D eigenvalue weighted by molar-refractivity contribution is 0.413. The molecule has 2 atom stereocenters. The number of rotatable bonds is 4. The van der Waals surface area contributed by atoms with Gasteiger partial charge in [-0.1, -0.05) is 19.1 Å². The summed E-state index contributed by atoms with van der Waals surface area (Å²) in [7, 11) is -3.20. The standard InChI is InChI=1S/C16H24N2O2S/c1-2-9-21(19,20)16-6-4-3-5-15(16)18-13-7-8-14(18)11-12(17)10-13/h3-6,12-14H,2,7-11,17H2,1H3. The highest BCUT2D eigenvalue weighted by Gasteiger charge is 2.41. The van der Waals surface area contributed by atoms with E-state index < -0.39 is 9.84 Å². The molecule has 2 saturated heterocycles. The van der Waals surface area contributed by atoms with Crippen LogP contribution in [-0.4, -0.2) is 32.3 Å². The molecular formula is C16H24N2O2S. The molecule has 21 heavy (non-hydrogen) atoms. The van der Waals surface area contributed by atoms with Crippen LogP contribution in [0.3, 0.4) is 0 Å². The maximum Gasteiger partial charge on any atom is 0.180 e. The molecule has 0 amide bonds. The predicted molar refractivity (Wildman–Crippen MR) is 85.3 cm³/mol. The summed E-state index contributed by atoms with van der Waals surface area (Å²) < 4.78 is 25.1. The minimum absolute atomic E-state index is 0.215. The average Bonchev–Trinajstić information content (AvgIpc) is 2.71. The van der Waals surface area contributed by atoms with Crippen molar-refractivity contribution in [3.05, 3.63) is 24.3 Å². The Hall–Kier alpha value is -1.07. The molecule has 116 valence electrons. The van der Waals surface area contributed by atoms with Gasteiger partial charge in [-0.3, -0.25) is 0 Å². The molecule has 1 aromatic carbocycles. The quantitative estimate of drug-likeness (QED) is 0.927. The molecule has 0 aromatic heterocycles. The Balaban J connectivity index is 2.01. The average molecular weight is 308 g/mol. The molecule has 0 spiro atoms. The lowest BCUT2D eigenvalue weighted by atomic mass is 9.97. The summed E-state index contributed by atoms with van der Waals surface area (Å²) in [5.74, 6) is 0.215. The van der Waals surface area contributed by atoms with Crippen LogP contribution in [0.15, 0.2) is 29.2 Å². The first-order chi connectivity index (χ1) is 10.0. The van der Waals surface area contributed by atoms with Gasteiger partial charge in [-0.2, -0.15) is 0 Å². The van der Waals surface area contributed by atoms with E-state index in [1.807, 2.05) is 25.1 Å². The molecule has 2 aliphatic rings. The van der Waals surface area contributed by atoms with Gasteiger partial charge < -0.3 is 10.6 Å². The zero-order valence-corrected chi connectivity index (χ0v) is 13.3. The molecule has 1 aromatic rings. The minimum Gasteiger partial charge on any atom is -0.364 e. The number of sulfone groups is 1. The lowest BCUT2D eigenvalue weighted by Gasteiger charge is -2.40. The summed E-state index contributed by atoms with van der Waals surface area (Å²) in [6.07, 6.45) is 4.84. The number of hydrogen-bond acceptors (Lipinski definition) is 4. The number of nitrogens with zero attached hydrogens (tertiary/aromatic N) is 1. The minimum atomic E-state index is -3.20. The van der Waals surface area contributed by atoms with E-state index in [1.54, 1.807) is 6.07 Å². The van der Waals surface area contributed by atoms with Gasteiger partial charge in [0.05, 0.1) is 16.3 Å². The molecule has 2 unspecified atom stereocenters. The highest BCUT2D eigenvalue weighted by molar-refractivity contribution is 7.91. The van der Waals surface area contributed by atoms with Crippen LogP contribution in [-0.2, 0) is 9.84 Å². The van der Waals surface area contributed by atoms with E-state index in [4.69, 9.17) is 5.73 Å². The van der Waals surface area contributed by atoms with Crippen LogP contribution in [0.1, 0.15) is 39.0 Å². The summed E-state index contributed by atoms with van der Waals surface area (Å²) in [5.41, 5.74) is 7.02. The fraction of sp³-hybridized carbons (Fsp3) is 0.625. The molecule has 0 radical (unpaired) electrons. The summed E-state index contributed by atoms with van der Waals surface area (Å²) in [4.78, 5) is 2.84. The van der Waals surface area contributed by atoms with Crippen molar-refractivity contribution in [3.8, 4) is 0 Å². The van der Waals surface area contributed by atoms with Crippen LogP contribution >= 0.6 is 0 Å². The fourth-order valence-corrected chi connectivity index (χ4v) is 5.46. The van der Waals surface area contributed by atoms with Gasteiger partial charge in [0.15, 0.2) is 9.84 Å². The molecule has 2 aliphatic heterocycles. The largest absolute Gasteiger partial charge is 0.364 e. The van der Waals surface area contributed by atoms with Crippen molar-refractivity contribution < 1.29 is 8.42 Å². The number of benzene rings is 1. The molecule has 0 saturated carbocycles. The highest BCUT2D eigenvalue weighted by atomic mass is 32.2. The number of fused-ring (bicyclic) bond motifs is 2.